The van der Waals surface area contributed by atoms with Gasteiger partial charge in [0.1, 0.15) is 5.71 Å². The molecular formula is C17H10ClN2O4-. The Morgan fingerprint density at radius 1 is 1.04 bits per heavy atom. The fraction of sp³-hybridized carbons (Fsp3) is 0.0588. The smallest absolute Gasteiger partial charge is 0.281 e. The first kappa shape index (κ1) is 15.9. The van der Waals surface area contributed by atoms with E-state index in [9.17, 15) is 19.5 Å². The van der Waals surface area contributed by atoms with Crippen molar-refractivity contribution >= 4 is 46.5 Å². The van der Waals surface area contributed by atoms with Crippen LogP contribution in [0.1, 0.15) is 10.4 Å². The van der Waals surface area contributed by atoms with Crippen molar-refractivity contribution in [3.05, 3.63) is 60.2 Å². The molecule has 1 unspecified atom stereocenters. The summed E-state index contributed by atoms with van der Waals surface area (Å²) in [6.45, 7) is 0. The number of nitrogens with zero attached hydrogens (tertiary/aromatic N) is 2. The van der Waals surface area contributed by atoms with Gasteiger partial charge in [-0.15, -0.1) is 11.6 Å². The Balaban J connectivity index is 1.95. The third-order valence-corrected chi connectivity index (χ3v) is 3.86. The maximum Gasteiger partial charge on any atom is 0.281 e. The zero-order valence-electron chi connectivity index (χ0n) is 12.2. The topological polar surface area (TPSA) is 89.9 Å². The molecule has 6 nitrogen and oxygen atoms in total. The molecule has 0 radical (unpaired) electrons. The molecule has 1 atom stereocenters. The number of anilines is 1. The number of hydrogen-bond donors (Lipinski definition) is 0. The van der Waals surface area contributed by atoms with Gasteiger partial charge in [0.05, 0.1) is 17.3 Å². The Kier molecular flexibility index (Phi) is 4.14. The van der Waals surface area contributed by atoms with Crippen molar-refractivity contribution in [1.82, 2.24) is 0 Å². The highest BCUT2D eigenvalue weighted by Gasteiger charge is 2.44. The maximum absolute atomic E-state index is 12.5. The van der Waals surface area contributed by atoms with Gasteiger partial charge in [-0.25, -0.2) is 9.89 Å². The van der Waals surface area contributed by atoms with Crippen LogP contribution in [0.25, 0.3) is 0 Å². The van der Waals surface area contributed by atoms with Gasteiger partial charge in [-0.05, 0) is 29.8 Å². The van der Waals surface area contributed by atoms with Gasteiger partial charge in [-0.2, -0.15) is 0 Å². The summed E-state index contributed by atoms with van der Waals surface area (Å²) < 4.78 is 0. The summed E-state index contributed by atoms with van der Waals surface area (Å²) in [6.07, 6.45) is 0. The lowest BCUT2D eigenvalue weighted by atomic mass is 10.2. The monoisotopic (exact) mass is 341 g/mol. The van der Waals surface area contributed by atoms with Gasteiger partial charge < -0.3 is 9.90 Å². The zero-order chi connectivity index (χ0) is 17.3. The number of halogens is 1. The van der Waals surface area contributed by atoms with Crippen molar-refractivity contribution in [3.63, 3.8) is 0 Å². The molecule has 1 saturated heterocycles. The van der Waals surface area contributed by atoms with Crippen molar-refractivity contribution in [3.8, 4) is 0 Å². The number of alkyl halides is 1. The van der Waals surface area contributed by atoms with Crippen LogP contribution in [-0.2, 0) is 9.59 Å². The van der Waals surface area contributed by atoms with E-state index in [0.717, 1.165) is 4.90 Å². The lowest BCUT2D eigenvalue weighted by Crippen LogP contribution is -2.31. The molecule has 1 heterocycles. The average molecular weight is 342 g/mol. The van der Waals surface area contributed by atoms with E-state index in [0.29, 0.717) is 11.4 Å². The SMILES string of the molecule is O=C([O-])c1ccc(N=C2C(=O)N(c3ccccc3)C(=O)C2Cl)cc1. The van der Waals surface area contributed by atoms with Crippen LogP contribution in [0.3, 0.4) is 0 Å². The number of aromatic carboxylic acids is 1. The number of hydrogen-bond acceptors (Lipinski definition) is 5. The minimum Gasteiger partial charge on any atom is -0.545 e. The number of carbonyl (C=O) groups is 3. The number of para-hydroxylation sites is 1. The quantitative estimate of drug-likeness (QED) is 0.621. The molecule has 0 bridgehead atoms. The van der Waals surface area contributed by atoms with Crippen LogP contribution in [0.15, 0.2) is 59.6 Å². The lowest BCUT2D eigenvalue weighted by Gasteiger charge is -2.12. The first-order chi connectivity index (χ1) is 11.5. The first-order valence-corrected chi connectivity index (χ1v) is 7.40. The van der Waals surface area contributed by atoms with Crippen molar-refractivity contribution in [2.45, 2.75) is 5.38 Å². The van der Waals surface area contributed by atoms with E-state index < -0.39 is 23.2 Å². The van der Waals surface area contributed by atoms with Crippen LogP contribution in [-0.4, -0.2) is 28.9 Å². The van der Waals surface area contributed by atoms with Crippen LogP contribution in [0, 0.1) is 0 Å². The van der Waals surface area contributed by atoms with Crippen LogP contribution >= 0.6 is 11.6 Å². The molecular weight excluding hydrogens is 332 g/mol. The molecule has 1 fully saturated rings. The van der Waals surface area contributed by atoms with Crippen molar-refractivity contribution < 1.29 is 19.5 Å². The highest BCUT2D eigenvalue weighted by Crippen LogP contribution is 2.26. The molecule has 0 aromatic heterocycles. The second kappa shape index (κ2) is 6.25. The van der Waals surface area contributed by atoms with Crippen LogP contribution < -0.4 is 10.0 Å². The highest BCUT2D eigenvalue weighted by atomic mass is 35.5. The molecule has 24 heavy (non-hydrogen) atoms. The second-order valence-electron chi connectivity index (χ2n) is 5.01. The largest absolute Gasteiger partial charge is 0.545 e. The van der Waals surface area contributed by atoms with E-state index >= 15 is 0 Å². The maximum atomic E-state index is 12.5. The third kappa shape index (κ3) is 2.79. The highest BCUT2D eigenvalue weighted by molar-refractivity contribution is 6.68. The number of benzene rings is 2. The number of rotatable bonds is 3. The summed E-state index contributed by atoms with van der Waals surface area (Å²) >= 11 is 6.05. The van der Waals surface area contributed by atoms with Gasteiger partial charge in [0.2, 0.25) is 0 Å². The molecule has 120 valence electrons. The summed E-state index contributed by atoms with van der Waals surface area (Å²) in [5.74, 6) is -2.49. The molecule has 0 spiro atoms. The van der Waals surface area contributed by atoms with Crippen LogP contribution in [0.5, 0.6) is 0 Å². The molecule has 3 rings (SSSR count). The Morgan fingerprint density at radius 3 is 2.25 bits per heavy atom. The number of amides is 2. The van der Waals surface area contributed by atoms with Gasteiger partial charge >= 0.3 is 0 Å². The molecule has 2 aromatic rings. The standard InChI is InChI=1S/C17H11ClN2O4/c18-13-14(19-11-8-6-10(7-9-11)17(23)24)16(22)20(15(13)21)12-4-2-1-3-5-12/h1-9,13H,(H,23,24)/p-1. The van der Waals surface area contributed by atoms with Crippen LogP contribution in [0.2, 0.25) is 0 Å². The Labute approximate surface area is 142 Å². The number of carboxylic acid groups (broad SMARTS) is 1. The normalized spacial score (nSPS) is 19.1. The van der Waals surface area contributed by atoms with Crippen LogP contribution in [0.4, 0.5) is 11.4 Å². The fourth-order valence-electron chi connectivity index (χ4n) is 2.29. The average Bonchev–Trinajstić information content (AvgIpc) is 2.80. The van der Waals surface area contributed by atoms with Gasteiger partial charge in [-0.3, -0.25) is 9.59 Å². The number of imide groups is 1. The van der Waals surface area contributed by atoms with E-state index in [2.05, 4.69) is 4.99 Å². The summed E-state index contributed by atoms with van der Waals surface area (Å²) in [5.41, 5.74) is 0.611. The summed E-state index contributed by atoms with van der Waals surface area (Å²) in [7, 11) is 0. The van der Waals surface area contributed by atoms with Crippen molar-refractivity contribution in [2.24, 2.45) is 4.99 Å². The summed E-state index contributed by atoms with van der Waals surface area (Å²) in [5, 5.41) is 9.53. The van der Waals surface area contributed by atoms with E-state index in [-0.39, 0.29) is 11.3 Å². The number of carboxylic acids is 1. The van der Waals surface area contributed by atoms with Crippen molar-refractivity contribution in [2.75, 3.05) is 4.90 Å². The minimum absolute atomic E-state index is 0.0129. The van der Waals surface area contributed by atoms with E-state index in [1.165, 1.54) is 24.3 Å². The van der Waals surface area contributed by atoms with E-state index in [1.54, 1.807) is 30.3 Å². The molecule has 0 aliphatic carbocycles. The Hall–Kier alpha value is -2.99. The Morgan fingerprint density at radius 2 is 1.67 bits per heavy atom. The predicted octanol–water partition coefficient (Wildman–Crippen LogP) is 1.30. The number of carbonyl (C=O) groups excluding carboxylic acids is 3. The van der Waals surface area contributed by atoms with Gasteiger partial charge in [0.15, 0.2) is 5.38 Å². The summed E-state index contributed by atoms with van der Waals surface area (Å²) in [6, 6.07) is 13.8. The Bertz CT molecular complexity index is 847. The second-order valence-corrected chi connectivity index (χ2v) is 5.44. The van der Waals surface area contributed by atoms with Gasteiger partial charge in [0, 0.05) is 0 Å². The van der Waals surface area contributed by atoms with Gasteiger partial charge in [0.25, 0.3) is 11.8 Å². The van der Waals surface area contributed by atoms with Gasteiger partial charge in [-0.1, -0.05) is 30.3 Å². The number of aliphatic imine (C=N–C) groups is 1. The molecule has 1 aliphatic rings. The van der Waals surface area contributed by atoms with E-state index in [1.807, 2.05) is 0 Å². The zero-order valence-corrected chi connectivity index (χ0v) is 12.9. The first-order valence-electron chi connectivity index (χ1n) is 6.96. The molecule has 1 aliphatic heterocycles. The minimum atomic E-state index is -1.31. The molecule has 0 saturated carbocycles. The molecule has 2 amide bonds. The molecule has 7 heteroatoms. The van der Waals surface area contributed by atoms with E-state index in [4.69, 9.17) is 11.6 Å². The molecule has 2 aromatic carbocycles. The fourth-order valence-corrected chi connectivity index (χ4v) is 2.53. The lowest BCUT2D eigenvalue weighted by molar-refractivity contribution is -0.255. The van der Waals surface area contributed by atoms with Crippen molar-refractivity contribution in [1.29, 1.82) is 0 Å². The summed E-state index contributed by atoms with van der Waals surface area (Å²) in [4.78, 5) is 40.6. The predicted molar refractivity (Wildman–Crippen MR) is 86.4 cm³/mol. The molecule has 0 N–H and O–H groups in total. The third-order valence-electron chi connectivity index (χ3n) is 3.47.